The lowest BCUT2D eigenvalue weighted by molar-refractivity contribution is -0.137. The topological polar surface area (TPSA) is 26.3 Å². The summed E-state index contributed by atoms with van der Waals surface area (Å²) in [7, 11) is 0. The first-order chi connectivity index (χ1) is 5.56. The van der Waals surface area contributed by atoms with Gasteiger partial charge in [0.1, 0.15) is 0 Å². The second kappa shape index (κ2) is 5.81. The van der Waals surface area contributed by atoms with E-state index in [1.165, 1.54) is 0 Å². The fraction of sp³-hybridized carbons (Fsp3) is 0.700. The van der Waals surface area contributed by atoms with E-state index >= 15 is 0 Å². The maximum atomic E-state index is 10.9. The Hall–Kier alpha value is -0.790. The molecular weight excluding hydrogens is 152 g/mol. The molecule has 0 rings (SSSR count). The third-order valence-electron chi connectivity index (χ3n) is 1.38. The quantitative estimate of drug-likeness (QED) is 0.478. The second-order valence-electron chi connectivity index (χ2n) is 3.34. The van der Waals surface area contributed by atoms with E-state index in [9.17, 15) is 4.79 Å². The van der Waals surface area contributed by atoms with Crippen LogP contribution in [-0.2, 0) is 9.53 Å². The number of rotatable bonds is 4. The molecule has 0 atom stereocenters. The van der Waals surface area contributed by atoms with E-state index in [0.717, 1.165) is 12.0 Å². The molecule has 0 saturated carbocycles. The van der Waals surface area contributed by atoms with Crippen LogP contribution in [0.2, 0.25) is 0 Å². The van der Waals surface area contributed by atoms with Crippen molar-refractivity contribution in [2.75, 3.05) is 6.61 Å². The fourth-order valence-electron chi connectivity index (χ4n) is 1.09. The van der Waals surface area contributed by atoms with Crippen molar-refractivity contribution in [3.63, 3.8) is 0 Å². The van der Waals surface area contributed by atoms with Crippen molar-refractivity contribution in [3.05, 3.63) is 11.6 Å². The number of hydrogen-bond acceptors (Lipinski definition) is 2. The van der Waals surface area contributed by atoms with Crippen molar-refractivity contribution in [3.8, 4) is 0 Å². The number of allylic oxidation sites excluding steroid dienone is 1. The van der Waals surface area contributed by atoms with Crippen LogP contribution in [0.1, 0.15) is 34.1 Å². The highest BCUT2D eigenvalue weighted by Gasteiger charge is 1.99. The second-order valence-corrected chi connectivity index (χ2v) is 3.34. The molecule has 0 bridgehead atoms. The third-order valence-corrected chi connectivity index (χ3v) is 1.38. The fourth-order valence-corrected chi connectivity index (χ4v) is 1.09. The van der Waals surface area contributed by atoms with Crippen LogP contribution in [0.5, 0.6) is 0 Å². The van der Waals surface area contributed by atoms with Gasteiger partial charge in [-0.15, -0.1) is 0 Å². The van der Waals surface area contributed by atoms with Crippen LogP contribution in [-0.4, -0.2) is 12.6 Å². The van der Waals surface area contributed by atoms with Gasteiger partial charge in [0.15, 0.2) is 0 Å². The van der Waals surface area contributed by atoms with Crippen molar-refractivity contribution in [2.24, 2.45) is 5.92 Å². The van der Waals surface area contributed by atoms with Gasteiger partial charge in [-0.1, -0.05) is 19.4 Å². The van der Waals surface area contributed by atoms with Gasteiger partial charge in [0.2, 0.25) is 0 Å². The van der Waals surface area contributed by atoms with Crippen molar-refractivity contribution in [1.29, 1.82) is 0 Å². The average molecular weight is 170 g/mol. The van der Waals surface area contributed by atoms with E-state index in [0.29, 0.717) is 12.5 Å². The van der Waals surface area contributed by atoms with E-state index < -0.39 is 0 Å². The number of ether oxygens (including phenoxy) is 1. The predicted molar refractivity (Wildman–Crippen MR) is 49.8 cm³/mol. The number of carbonyl (C=O) groups excluding carboxylic acids is 1. The van der Waals surface area contributed by atoms with Crippen molar-refractivity contribution in [1.82, 2.24) is 0 Å². The van der Waals surface area contributed by atoms with E-state index in [2.05, 4.69) is 13.8 Å². The van der Waals surface area contributed by atoms with E-state index in [1.54, 1.807) is 6.08 Å². The van der Waals surface area contributed by atoms with Crippen LogP contribution in [0, 0.1) is 5.92 Å². The van der Waals surface area contributed by atoms with Crippen LogP contribution in [0.15, 0.2) is 11.6 Å². The molecule has 0 spiro atoms. The number of hydrogen-bond donors (Lipinski definition) is 0. The summed E-state index contributed by atoms with van der Waals surface area (Å²) in [5.41, 5.74) is 1.09. The molecule has 0 aliphatic carbocycles. The molecule has 0 N–H and O–H groups in total. The molecule has 2 nitrogen and oxygen atoms in total. The van der Waals surface area contributed by atoms with Crippen molar-refractivity contribution >= 4 is 5.97 Å². The summed E-state index contributed by atoms with van der Waals surface area (Å²) in [6, 6.07) is 0. The molecule has 2 heteroatoms. The Bertz CT molecular complexity index is 169. The van der Waals surface area contributed by atoms with Crippen LogP contribution < -0.4 is 0 Å². The highest BCUT2D eigenvalue weighted by Crippen LogP contribution is 2.09. The van der Waals surface area contributed by atoms with Crippen LogP contribution >= 0.6 is 0 Å². The molecule has 12 heavy (non-hydrogen) atoms. The lowest BCUT2D eigenvalue weighted by Gasteiger charge is -2.03. The molecule has 0 aromatic heterocycles. The normalized spacial score (nSPS) is 11.9. The van der Waals surface area contributed by atoms with Gasteiger partial charge in [0.05, 0.1) is 6.61 Å². The maximum absolute atomic E-state index is 10.9. The zero-order chi connectivity index (χ0) is 9.56. The van der Waals surface area contributed by atoms with E-state index in [-0.39, 0.29) is 5.97 Å². The standard InChI is InChI=1S/C10H18O2/c1-5-12-10(11)7-9(4)6-8(2)3/h7-8H,5-6H2,1-4H3/b9-7-. The van der Waals surface area contributed by atoms with Crippen LogP contribution in [0.3, 0.4) is 0 Å². The van der Waals surface area contributed by atoms with Crippen LogP contribution in [0.25, 0.3) is 0 Å². The van der Waals surface area contributed by atoms with Gasteiger partial charge in [0.25, 0.3) is 0 Å². The Kier molecular flexibility index (Phi) is 5.43. The number of esters is 1. The maximum Gasteiger partial charge on any atom is 0.330 e. The third kappa shape index (κ3) is 5.96. The zero-order valence-electron chi connectivity index (χ0n) is 8.39. The predicted octanol–water partition coefficient (Wildman–Crippen LogP) is 2.54. The SMILES string of the molecule is CCOC(=O)/C=C(/C)CC(C)C. The Morgan fingerprint density at radius 1 is 1.50 bits per heavy atom. The van der Waals surface area contributed by atoms with Crippen molar-refractivity contribution < 1.29 is 9.53 Å². The summed E-state index contributed by atoms with van der Waals surface area (Å²) in [6.07, 6.45) is 2.53. The molecule has 0 fully saturated rings. The van der Waals surface area contributed by atoms with E-state index in [1.807, 2.05) is 13.8 Å². The summed E-state index contributed by atoms with van der Waals surface area (Å²) in [5.74, 6) is 0.367. The van der Waals surface area contributed by atoms with Gasteiger partial charge in [0, 0.05) is 6.08 Å². The summed E-state index contributed by atoms with van der Waals surface area (Å²) < 4.78 is 4.78. The summed E-state index contributed by atoms with van der Waals surface area (Å²) in [6.45, 7) is 8.47. The van der Waals surface area contributed by atoms with Gasteiger partial charge in [-0.25, -0.2) is 4.79 Å². The van der Waals surface area contributed by atoms with Gasteiger partial charge >= 0.3 is 5.97 Å². The smallest absolute Gasteiger partial charge is 0.330 e. The lowest BCUT2D eigenvalue weighted by atomic mass is 10.0. The first kappa shape index (κ1) is 11.2. The Balaban J connectivity index is 3.89. The van der Waals surface area contributed by atoms with Crippen molar-refractivity contribution in [2.45, 2.75) is 34.1 Å². The molecule has 0 amide bonds. The molecule has 70 valence electrons. The molecule has 0 unspecified atom stereocenters. The van der Waals surface area contributed by atoms with E-state index in [4.69, 9.17) is 4.74 Å². The molecule has 0 aliphatic rings. The van der Waals surface area contributed by atoms with Gasteiger partial charge < -0.3 is 4.74 Å². The molecule has 0 aromatic rings. The Morgan fingerprint density at radius 3 is 2.50 bits per heavy atom. The molecule has 0 saturated heterocycles. The summed E-state index contributed by atoms with van der Waals surface area (Å²) >= 11 is 0. The summed E-state index contributed by atoms with van der Waals surface area (Å²) in [5, 5.41) is 0. The zero-order valence-corrected chi connectivity index (χ0v) is 8.39. The molecule has 0 aliphatic heterocycles. The minimum absolute atomic E-state index is 0.226. The van der Waals surface area contributed by atoms with Gasteiger partial charge in [-0.3, -0.25) is 0 Å². The lowest BCUT2D eigenvalue weighted by Crippen LogP contribution is -2.01. The highest BCUT2D eigenvalue weighted by atomic mass is 16.5. The molecule has 0 heterocycles. The van der Waals surface area contributed by atoms with Gasteiger partial charge in [-0.2, -0.15) is 0 Å². The Morgan fingerprint density at radius 2 is 2.08 bits per heavy atom. The molecular formula is C10H18O2. The molecule has 0 radical (unpaired) electrons. The average Bonchev–Trinajstić information content (AvgIpc) is 1.84. The highest BCUT2D eigenvalue weighted by molar-refractivity contribution is 5.82. The Labute approximate surface area is 74.6 Å². The first-order valence-electron chi connectivity index (χ1n) is 4.40. The molecule has 0 aromatic carbocycles. The summed E-state index contributed by atoms with van der Waals surface area (Å²) in [4.78, 5) is 10.9. The van der Waals surface area contributed by atoms with Gasteiger partial charge in [-0.05, 0) is 26.2 Å². The first-order valence-corrected chi connectivity index (χ1v) is 4.40. The minimum atomic E-state index is -0.226. The monoisotopic (exact) mass is 170 g/mol. The largest absolute Gasteiger partial charge is 0.463 e. The number of carbonyl (C=O) groups is 1. The van der Waals surface area contributed by atoms with Crippen LogP contribution in [0.4, 0.5) is 0 Å². The minimum Gasteiger partial charge on any atom is -0.463 e.